The Labute approximate surface area is 84.4 Å². The van der Waals surface area contributed by atoms with Crippen LogP contribution < -0.4 is 5.32 Å². The van der Waals surface area contributed by atoms with Crippen molar-refractivity contribution in [3.63, 3.8) is 0 Å². The molecule has 1 heterocycles. The molecule has 0 spiro atoms. The van der Waals surface area contributed by atoms with E-state index in [-0.39, 0.29) is 5.75 Å². The van der Waals surface area contributed by atoms with Gasteiger partial charge >= 0.3 is 0 Å². The van der Waals surface area contributed by atoms with E-state index in [0.717, 1.165) is 0 Å². The van der Waals surface area contributed by atoms with Crippen molar-refractivity contribution in [3.05, 3.63) is 0 Å². The molecule has 1 atom stereocenters. The molecule has 1 saturated heterocycles. The molecule has 1 unspecified atom stereocenters. The highest BCUT2D eigenvalue weighted by molar-refractivity contribution is 7.90. The van der Waals surface area contributed by atoms with Crippen LogP contribution in [0.4, 0.5) is 0 Å². The summed E-state index contributed by atoms with van der Waals surface area (Å²) in [6.07, 6.45) is 1.81. The second-order valence-corrected chi connectivity index (χ2v) is 6.09. The van der Waals surface area contributed by atoms with Crippen molar-refractivity contribution in [2.24, 2.45) is 0 Å². The minimum atomic E-state index is -2.92. The lowest BCUT2D eigenvalue weighted by atomic mass is 10.0. The fourth-order valence-corrected chi connectivity index (χ4v) is 1.83. The highest BCUT2D eigenvalue weighted by atomic mass is 32.2. The maximum absolute atomic E-state index is 10.8. The van der Waals surface area contributed by atoms with Crippen LogP contribution in [0.1, 0.15) is 6.42 Å². The molecule has 1 rings (SSSR count). The van der Waals surface area contributed by atoms with Crippen molar-refractivity contribution in [1.29, 1.82) is 0 Å². The Bertz CT molecular complexity index is 269. The molecule has 14 heavy (non-hydrogen) atoms. The van der Waals surface area contributed by atoms with E-state index in [1.807, 2.05) is 0 Å². The first kappa shape index (κ1) is 11.9. The fraction of sp³-hybridized carbons (Fsp3) is 1.00. The van der Waals surface area contributed by atoms with Gasteiger partial charge in [0.1, 0.15) is 15.4 Å². The van der Waals surface area contributed by atoms with Crippen LogP contribution in [0.3, 0.4) is 0 Å². The molecule has 0 amide bonds. The first-order chi connectivity index (χ1) is 6.41. The number of sulfone groups is 1. The molecule has 5 nitrogen and oxygen atoms in total. The van der Waals surface area contributed by atoms with Gasteiger partial charge in [-0.25, -0.2) is 8.42 Å². The van der Waals surface area contributed by atoms with Crippen molar-refractivity contribution in [1.82, 2.24) is 5.32 Å². The largest absolute Gasteiger partial charge is 0.386 e. The summed E-state index contributed by atoms with van der Waals surface area (Å²) >= 11 is 0. The van der Waals surface area contributed by atoms with Gasteiger partial charge in [0.05, 0.1) is 12.4 Å². The summed E-state index contributed by atoms with van der Waals surface area (Å²) in [6.45, 7) is 1.67. The van der Waals surface area contributed by atoms with Crippen LogP contribution >= 0.6 is 0 Å². The average molecular weight is 223 g/mol. The number of hydrogen-bond acceptors (Lipinski definition) is 5. The molecule has 0 saturated carbocycles. The SMILES string of the molecule is CS(=O)(=O)CCNCC1(O)CCOC1. The molecular weight excluding hydrogens is 206 g/mol. The second-order valence-electron chi connectivity index (χ2n) is 3.83. The van der Waals surface area contributed by atoms with Gasteiger partial charge in [0.2, 0.25) is 0 Å². The third-order valence-corrected chi connectivity index (χ3v) is 3.13. The Morgan fingerprint density at radius 1 is 1.57 bits per heavy atom. The number of nitrogens with one attached hydrogen (secondary N) is 1. The maximum Gasteiger partial charge on any atom is 0.148 e. The summed E-state index contributed by atoms with van der Waals surface area (Å²) in [6, 6.07) is 0. The van der Waals surface area contributed by atoms with Crippen molar-refractivity contribution < 1.29 is 18.3 Å². The Morgan fingerprint density at radius 2 is 2.29 bits per heavy atom. The van der Waals surface area contributed by atoms with E-state index in [9.17, 15) is 13.5 Å². The van der Waals surface area contributed by atoms with E-state index in [2.05, 4.69) is 5.32 Å². The van der Waals surface area contributed by atoms with E-state index in [4.69, 9.17) is 4.74 Å². The number of rotatable bonds is 5. The van der Waals surface area contributed by atoms with Gasteiger partial charge in [-0.1, -0.05) is 0 Å². The maximum atomic E-state index is 10.8. The second kappa shape index (κ2) is 4.57. The van der Waals surface area contributed by atoms with Crippen molar-refractivity contribution in [2.45, 2.75) is 12.0 Å². The lowest BCUT2D eigenvalue weighted by Gasteiger charge is -2.20. The molecule has 0 bridgehead atoms. The minimum absolute atomic E-state index is 0.101. The third kappa shape index (κ3) is 4.36. The van der Waals surface area contributed by atoms with Crippen LogP contribution in [0.5, 0.6) is 0 Å². The monoisotopic (exact) mass is 223 g/mol. The Morgan fingerprint density at radius 3 is 2.79 bits per heavy atom. The van der Waals surface area contributed by atoms with E-state index in [1.165, 1.54) is 6.26 Å². The third-order valence-electron chi connectivity index (χ3n) is 2.19. The normalized spacial score (nSPS) is 28.1. The summed E-state index contributed by atoms with van der Waals surface area (Å²) in [4.78, 5) is 0. The zero-order chi connectivity index (χ0) is 10.7. The smallest absolute Gasteiger partial charge is 0.148 e. The van der Waals surface area contributed by atoms with Gasteiger partial charge in [-0.3, -0.25) is 0 Å². The van der Waals surface area contributed by atoms with Crippen LogP contribution in [0.2, 0.25) is 0 Å². The first-order valence-corrected chi connectivity index (χ1v) is 6.66. The lowest BCUT2D eigenvalue weighted by molar-refractivity contribution is 0.0276. The van der Waals surface area contributed by atoms with Gasteiger partial charge in [0.25, 0.3) is 0 Å². The molecule has 0 aromatic heterocycles. The van der Waals surface area contributed by atoms with Crippen molar-refractivity contribution in [2.75, 3.05) is 38.3 Å². The summed E-state index contributed by atoms with van der Waals surface area (Å²) in [5, 5.41) is 12.7. The van der Waals surface area contributed by atoms with Gasteiger partial charge < -0.3 is 15.2 Å². The molecule has 6 heteroatoms. The van der Waals surface area contributed by atoms with Gasteiger partial charge in [0.15, 0.2) is 0 Å². The average Bonchev–Trinajstić information content (AvgIpc) is 2.45. The van der Waals surface area contributed by atoms with E-state index in [1.54, 1.807) is 0 Å². The molecule has 0 aliphatic carbocycles. The van der Waals surface area contributed by atoms with Crippen LogP contribution in [0, 0.1) is 0 Å². The van der Waals surface area contributed by atoms with Crippen LogP contribution in [-0.2, 0) is 14.6 Å². The highest BCUT2D eigenvalue weighted by Crippen LogP contribution is 2.16. The quantitative estimate of drug-likeness (QED) is 0.571. The molecule has 0 radical (unpaired) electrons. The standard InChI is InChI=1S/C8H17NO4S/c1-14(11,12)5-3-9-6-8(10)2-4-13-7-8/h9-10H,2-7H2,1H3. The molecule has 1 fully saturated rings. The Hall–Kier alpha value is -0.170. The summed E-state index contributed by atoms with van der Waals surface area (Å²) < 4.78 is 26.6. The topological polar surface area (TPSA) is 75.6 Å². The van der Waals surface area contributed by atoms with Crippen molar-refractivity contribution >= 4 is 9.84 Å². The number of ether oxygens (including phenoxy) is 1. The molecule has 84 valence electrons. The molecule has 1 aliphatic rings. The van der Waals surface area contributed by atoms with E-state index in [0.29, 0.717) is 32.7 Å². The molecule has 0 aromatic rings. The van der Waals surface area contributed by atoms with Gasteiger partial charge in [0, 0.05) is 32.4 Å². The van der Waals surface area contributed by atoms with Crippen LogP contribution in [0.15, 0.2) is 0 Å². The number of hydrogen-bond donors (Lipinski definition) is 2. The molecular formula is C8H17NO4S. The summed E-state index contributed by atoms with van der Waals surface area (Å²) in [7, 11) is -2.92. The summed E-state index contributed by atoms with van der Waals surface area (Å²) in [5.74, 6) is 0.101. The van der Waals surface area contributed by atoms with E-state index < -0.39 is 15.4 Å². The van der Waals surface area contributed by atoms with Crippen LogP contribution in [0.25, 0.3) is 0 Å². The van der Waals surface area contributed by atoms with Crippen LogP contribution in [-0.4, -0.2) is 57.4 Å². The van der Waals surface area contributed by atoms with Gasteiger partial charge in [-0.05, 0) is 0 Å². The lowest BCUT2D eigenvalue weighted by Crippen LogP contribution is -2.42. The Balaban J connectivity index is 2.15. The predicted molar refractivity (Wildman–Crippen MR) is 53.0 cm³/mol. The summed E-state index contributed by atoms with van der Waals surface area (Å²) in [5.41, 5.74) is -0.808. The first-order valence-electron chi connectivity index (χ1n) is 4.60. The predicted octanol–water partition coefficient (Wildman–Crippen LogP) is -1.23. The van der Waals surface area contributed by atoms with Crippen molar-refractivity contribution in [3.8, 4) is 0 Å². The minimum Gasteiger partial charge on any atom is -0.386 e. The van der Waals surface area contributed by atoms with Gasteiger partial charge in [-0.2, -0.15) is 0 Å². The zero-order valence-electron chi connectivity index (χ0n) is 8.32. The fourth-order valence-electron chi connectivity index (χ4n) is 1.31. The Kier molecular flexibility index (Phi) is 3.88. The zero-order valence-corrected chi connectivity index (χ0v) is 9.14. The highest BCUT2D eigenvalue weighted by Gasteiger charge is 2.31. The van der Waals surface area contributed by atoms with Gasteiger partial charge in [-0.15, -0.1) is 0 Å². The molecule has 2 N–H and O–H groups in total. The molecule has 0 aromatic carbocycles. The van der Waals surface area contributed by atoms with E-state index >= 15 is 0 Å². The molecule has 1 aliphatic heterocycles. The number of aliphatic hydroxyl groups is 1.